The molecule has 2 heterocycles. The van der Waals surface area contributed by atoms with Crippen LogP contribution < -0.4 is 0 Å². The maximum Gasteiger partial charge on any atom is 0.510 e. The fourth-order valence-electron chi connectivity index (χ4n) is 4.73. The summed E-state index contributed by atoms with van der Waals surface area (Å²) in [7, 11) is 0. The highest BCUT2D eigenvalue weighted by molar-refractivity contribution is 7.99. The summed E-state index contributed by atoms with van der Waals surface area (Å²) in [5, 5.41) is 38.6. The number of aryl methyl sites for hydroxylation is 1. The van der Waals surface area contributed by atoms with Gasteiger partial charge in [-0.2, -0.15) is 33.7 Å². The normalized spacial score (nSPS) is 12.7. The number of hydrogen-bond donors (Lipinski definition) is 3. The Morgan fingerprint density at radius 1 is 1.00 bits per heavy atom. The molecule has 0 aliphatic carbocycles. The third-order valence-corrected chi connectivity index (χ3v) is 7.96. The second-order valence-corrected chi connectivity index (χ2v) is 11.9. The van der Waals surface area contributed by atoms with Crippen molar-refractivity contribution in [2.45, 2.75) is 51.6 Å². The van der Waals surface area contributed by atoms with Gasteiger partial charge in [0.15, 0.2) is 11.4 Å². The quantitative estimate of drug-likeness (QED) is 0.0496. The zero-order valence-electron chi connectivity index (χ0n) is 27.0. The number of carbonyl (C=O) groups is 2. The average molecular weight is 746 g/mol. The number of halogens is 5. The minimum absolute atomic E-state index is 0.0123. The Morgan fingerprint density at radius 2 is 1.67 bits per heavy atom. The van der Waals surface area contributed by atoms with Crippen LogP contribution in [0.15, 0.2) is 48.5 Å². The van der Waals surface area contributed by atoms with Crippen molar-refractivity contribution in [2.75, 3.05) is 24.7 Å². The van der Waals surface area contributed by atoms with Crippen molar-refractivity contribution in [3.8, 4) is 22.5 Å². The zero-order chi connectivity index (χ0) is 37.3. The van der Waals surface area contributed by atoms with E-state index in [0.29, 0.717) is 40.2 Å². The number of imidazole rings is 1. The highest BCUT2D eigenvalue weighted by Gasteiger charge is 2.62. The van der Waals surface area contributed by atoms with Gasteiger partial charge in [-0.1, -0.05) is 55.5 Å². The zero-order valence-corrected chi connectivity index (χ0v) is 27.8. The van der Waals surface area contributed by atoms with Crippen molar-refractivity contribution in [2.24, 2.45) is 0 Å². The monoisotopic (exact) mass is 745 g/mol. The fourth-order valence-corrected chi connectivity index (χ4v) is 5.33. The summed E-state index contributed by atoms with van der Waals surface area (Å²) in [6.07, 6.45) is -7.75. The number of thioether (sulfide) groups is 1. The second-order valence-electron chi connectivity index (χ2n) is 10.6. The Hall–Kier alpha value is -4.70. The van der Waals surface area contributed by atoms with Crippen molar-refractivity contribution in [1.29, 1.82) is 0 Å². The van der Waals surface area contributed by atoms with Crippen LogP contribution in [0.5, 0.6) is 0 Å². The van der Waals surface area contributed by atoms with Crippen LogP contribution in [0, 0.1) is 0 Å². The topological polar surface area (TPSA) is 187 Å². The molecule has 51 heavy (non-hydrogen) atoms. The lowest BCUT2D eigenvalue weighted by atomic mass is 9.98. The smallest absolute Gasteiger partial charge is 0.477 e. The fraction of sp³-hybridized carbons (Fsp3) is 0.400. The highest BCUT2D eigenvalue weighted by atomic mass is 32.2. The molecule has 4 rings (SSSR count). The first-order valence-corrected chi connectivity index (χ1v) is 16.3. The summed E-state index contributed by atoms with van der Waals surface area (Å²) < 4.78 is 79.4. The first-order valence-electron chi connectivity index (χ1n) is 15.1. The van der Waals surface area contributed by atoms with Crippen LogP contribution in [0.2, 0.25) is 0 Å². The summed E-state index contributed by atoms with van der Waals surface area (Å²) >= 11 is 1.33. The van der Waals surface area contributed by atoms with Crippen LogP contribution in [0.25, 0.3) is 22.5 Å². The van der Waals surface area contributed by atoms with E-state index in [1.165, 1.54) is 18.7 Å². The molecule has 2 aromatic carbocycles. The molecule has 0 aliphatic heterocycles. The molecular formula is C30H32F5N7O8S. The van der Waals surface area contributed by atoms with Gasteiger partial charge in [-0.15, -0.1) is 15.0 Å². The van der Waals surface area contributed by atoms with Gasteiger partial charge in [-0.05, 0) is 35.2 Å². The molecule has 0 aliphatic rings. The van der Waals surface area contributed by atoms with E-state index in [4.69, 9.17) is 19.9 Å². The van der Waals surface area contributed by atoms with Crippen molar-refractivity contribution in [3.05, 3.63) is 71.3 Å². The van der Waals surface area contributed by atoms with E-state index in [-0.39, 0.29) is 37.8 Å². The van der Waals surface area contributed by atoms with E-state index in [0.717, 1.165) is 9.36 Å². The molecule has 0 saturated heterocycles. The third kappa shape index (κ3) is 9.76. The van der Waals surface area contributed by atoms with Gasteiger partial charge < -0.3 is 19.1 Å². The molecule has 0 bridgehead atoms. The summed E-state index contributed by atoms with van der Waals surface area (Å²) in [5.74, 6) is -6.69. The van der Waals surface area contributed by atoms with Crippen molar-refractivity contribution in [1.82, 2.24) is 35.1 Å². The second kappa shape index (κ2) is 17.0. The first-order chi connectivity index (χ1) is 24.1. The van der Waals surface area contributed by atoms with E-state index in [1.54, 1.807) is 55.5 Å². The Balaban J connectivity index is 1.47. The van der Waals surface area contributed by atoms with Gasteiger partial charge >= 0.3 is 24.2 Å². The maximum atomic E-state index is 14.4. The summed E-state index contributed by atoms with van der Waals surface area (Å²) in [6.45, 7) is 2.85. The van der Waals surface area contributed by atoms with Crippen LogP contribution in [0.3, 0.4) is 0 Å². The molecule has 1 atom stereocenters. The average Bonchev–Trinajstić information content (AvgIpc) is 3.70. The van der Waals surface area contributed by atoms with Crippen LogP contribution in [-0.4, -0.2) is 93.7 Å². The van der Waals surface area contributed by atoms with Gasteiger partial charge in [0, 0.05) is 30.0 Å². The molecule has 0 radical (unpaired) electrons. The van der Waals surface area contributed by atoms with Gasteiger partial charge in [-0.25, -0.2) is 19.4 Å². The Kier molecular flexibility index (Phi) is 13.0. The molecule has 276 valence electrons. The lowest BCUT2D eigenvalue weighted by molar-refractivity contribution is -0.490. The molecule has 2 aromatic heterocycles. The van der Waals surface area contributed by atoms with E-state index in [9.17, 15) is 36.6 Å². The summed E-state index contributed by atoms with van der Waals surface area (Å²) in [4.78, 5) is 33.0. The minimum atomic E-state index is -6.05. The van der Waals surface area contributed by atoms with Crippen molar-refractivity contribution >= 4 is 23.9 Å². The van der Waals surface area contributed by atoms with Crippen molar-refractivity contribution < 1.29 is 61.4 Å². The van der Waals surface area contributed by atoms with Gasteiger partial charge in [0.2, 0.25) is 12.1 Å². The lowest BCUT2D eigenvalue weighted by Gasteiger charge is -2.18. The number of aromatic nitrogens is 6. The Bertz CT molecular complexity index is 1790. The van der Waals surface area contributed by atoms with Crippen LogP contribution in [-0.2, 0) is 33.2 Å². The molecular weight excluding hydrogens is 713 g/mol. The number of alkyl halides is 5. The van der Waals surface area contributed by atoms with Gasteiger partial charge in [0.25, 0.3) is 0 Å². The largest absolute Gasteiger partial charge is 0.510 e. The number of benzene rings is 2. The molecule has 3 N–H and O–H groups in total. The van der Waals surface area contributed by atoms with E-state index < -0.39 is 47.2 Å². The maximum absolute atomic E-state index is 14.4. The van der Waals surface area contributed by atoms with Crippen LogP contribution in [0.1, 0.15) is 54.1 Å². The molecule has 0 spiro atoms. The predicted octanol–water partition coefficient (Wildman–Crippen LogP) is 5.97. The SMILES string of the molecule is CCCc1nc(C(F)(F)C(F)(F)F)c(C(=O)O)n1Cc1ccc(-c2ccccc2-c2nnn(C(C)OC(=O)OCCSCCON(O)O)n2)cc1. The Morgan fingerprint density at radius 3 is 2.29 bits per heavy atom. The van der Waals surface area contributed by atoms with Crippen LogP contribution in [0.4, 0.5) is 26.7 Å². The van der Waals surface area contributed by atoms with Gasteiger partial charge in [0.1, 0.15) is 12.4 Å². The van der Waals surface area contributed by atoms with Gasteiger partial charge in [0.05, 0.1) is 12.0 Å². The highest BCUT2D eigenvalue weighted by Crippen LogP contribution is 2.45. The van der Waals surface area contributed by atoms with Crippen LogP contribution >= 0.6 is 11.8 Å². The predicted molar refractivity (Wildman–Crippen MR) is 167 cm³/mol. The Labute approximate surface area is 290 Å². The number of ether oxygens (including phenoxy) is 2. The van der Waals surface area contributed by atoms with E-state index in [1.807, 2.05) is 0 Å². The molecule has 0 fully saturated rings. The molecule has 1 unspecified atom stereocenters. The standard InChI is InChI=1S/C30H32F5N7O8S/c1-3-6-23-36-25(29(31,32)30(33,34)35)24(27(43)44)40(23)17-19-9-11-20(12-10-19)21-7-4-5-8-22(21)26-37-39-41(38-26)18(2)50-28(45)48-13-15-51-16-14-49-42(46)47/h4-5,7-12,18,46-47H,3,6,13-17H2,1-2H3,(H,43,44). The van der Waals surface area contributed by atoms with E-state index >= 15 is 0 Å². The summed E-state index contributed by atoms with van der Waals surface area (Å²) in [5.41, 5.74) is -0.884. The minimum Gasteiger partial charge on any atom is -0.477 e. The number of aromatic carboxylic acids is 1. The molecule has 0 saturated carbocycles. The third-order valence-electron chi connectivity index (χ3n) is 7.05. The number of hydrogen-bond acceptors (Lipinski definition) is 13. The number of nitrogens with zero attached hydrogens (tertiary/aromatic N) is 7. The number of carboxylic acids is 1. The van der Waals surface area contributed by atoms with Crippen molar-refractivity contribution in [3.63, 3.8) is 0 Å². The molecule has 0 amide bonds. The number of tetrazole rings is 1. The molecule has 4 aromatic rings. The number of carboxylic acid groups (broad SMARTS) is 1. The first kappa shape index (κ1) is 39.1. The summed E-state index contributed by atoms with van der Waals surface area (Å²) in [6, 6.07) is 13.4. The molecule has 15 nitrogen and oxygen atoms in total. The molecule has 21 heteroatoms. The number of carbonyl (C=O) groups excluding carboxylic acids is 1. The van der Waals surface area contributed by atoms with E-state index in [2.05, 4.69) is 25.2 Å². The number of rotatable bonds is 17. The lowest BCUT2D eigenvalue weighted by Crippen LogP contribution is -2.35. The van der Waals surface area contributed by atoms with Gasteiger partial charge in [-0.3, -0.25) is 10.4 Å².